The van der Waals surface area contributed by atoms with E-state index in [0.29, 0.717) is 19.5 Å². The Hall–Kier alpha value is -2.67. The van der Waals surface area contributed by atoms with Crippen molar-refractivity contribution in [2.24, 2.45) is 18.2 Å². The van der Waals surface area contributed by atoms with E-state index in [4.69, 9.17) is 5.73 Å². The summed E-state index contributed by atoms with van der Waals surface area (Å²) in [5.41, 5.74) is 10.1. The maximum Gasteiger partial charge on any atom is 0.243 e. The van der Waals surface area contributed by atoms with E-state index >= 15 is 0 Å². The van der Waals surface area contributed by atoms with Crippen LogP contribution in [0.15, 0.2) is 30.5 Å². The zero-order valence-corrected chi connectivity index (χ0v) is 20.6. The lowest BCUT2D eigenvalue weighted by molar-refractivity contribution is -0.141. The van der Waals surface area contributed by atoms with E-state index in [2.05, 4.69) is 10.4 Å². The van der Waals surface area contributed by atoms with Crippen molar-refractivity contribution in [2.45, 2.75) is 73.0 Å². The number of aromatic nitrogens is 2. The van der Waals surface area contributed by atoms with Gasteiger partial charge in [-0.05, 0) is 36.3 Å². The first-order valence-corrected chi connectivity index (χ1v) is 11.5. The Morgan fingerprint density at radius 1 is 1.22 bits per heavy atom. The van der Waals surface area contributed by atoms with E-state index < -0.39 is 12.1 Å². The van der Waals surface area contributed by atoms with Crippen molar-refractivity contribution in [3.63, 3.8) is 0 Å². The molecule has 7 nitrogen and oxygen atoms in total. The van der Waals surface area contributed by atoms with Crippen LogP contribution in [0, 0.1) is 12.3 Å². The van der Waals surface area contributed by atoms with Crippen LogP contribution in [0.25, 0.3) is 11.3 Å². The van der Waals surface area contributed by atoms with Gasteiger partial charge in [0.15, 0.2) is 0 Å². The first-order chi connectivity index (χ1) is 15.1. The molecule has 1 aliphatic heterocycles. The van der Waals surface area contributed by atoms with Crippen molar-refractivity contribution in [2.75, 3.05) is 6.54 Å². The highest BCUT2D eigenvalue weighted by Crippen LogP contribution is 2.25. The number of carbonyl (C=O) groups is 2. The number of nitrogens with two attached hydrogens (primary N) is 1. The minimum absolute atomic E-state index is 0.117. The fourth-order valence-electron chi connectivity index (χ4n) is 3.90. The SMILES string of the molecule is CC.Cc1cnn(C)c1-c1ccc(CNC(=O)C2CCCN2C(=O)C(N)C(C)(C)C)cc1. The number of hydrogen-bond acceptors (Lipinski definition) is 4. The Labute approximate surface area is 192 Å². The Balaban J connectivity index is 0.00000176. The van der Waals surface area contributed by atoms with Crippen LogP contribution in [0.3, 0.4) is 0 Å². The second kappa shape index (κ2) is 10.8. The van der Waals surface area contributed by atoms with E-state index in [1.165, 1.54) is 0 Å². The Bertz CT molecular complexity index is 892. The summed E-state index contributed by atoms with van der Waals surface area (Å²) in [5, 5.41) is 7.28. The summed E-state index contributed by atoms with van der Waals surface area (Å²) >= 11 is 0. The molecule has 2 atom stereocenters. The zero-order valence-electron chi connectivity index (χ0n) is 20.6. The van der Waals surface area contributed by atoms with Gasteiger partial charge in [-0.3, -0.25) is 14.3 Å². The highest BCUT2D eigenvalue weighted by Gasteiger charge is 2.39. The molecular weight excluding hydrogens is 402 g/mol. The molecule has 0 radical (unpaired) electrons. The monoisotopic (exact) mass is 441 g/mol. The predicted octanol–water partition coefficient (Wildman–Crippen LogP) is 3.40. The second-order valence-electron chi connectivity index (χ2n) is 9.25. The van der Waals surface area contributed by atoms with Gasteiger partial charge < -0.3 is 16.0 Å². The number of rotatable bonds is 5. The molecule has 1 saturated heterocycles. The molecule has 0 aliphatic carbocycles. The maximum absolute atomic E-state index is 12.8. The van der Waals surface area contributed by atoms with Crippen molar-refractivity contribution >= 4 is 11.8 Å². The van der Waals surface area contributed by atoms with Crippen LogP contribution in [-0.2, 0) is 23.2 Å². The molecule has 1 aromatic carbocycles. The van der Waals surface area contributed by atoms with Gasteiger partial charge in [0.05, 0.1) is 17.9 Å². The first-order valence-electron chi connectivity index (χ1n) is 11.5. The summed E-state index contributed by atoms with van der Waals surface area (Å²) < 4.78 is 1.86. The third kappa shape index (κ3) is 5.76. The highest BCUT2D eigenvalue weighted by molar-refractivity contribution is 5.90. The van der Waals surface area contributed by atoms with Gasteiger partial charge in [-0.15, -0.1) is 0 Å². The van der Waals surface area contributed by atoms with Crippen molar-refractivity contribution in [1.82, 2.24) is 20.0 Å². The topological polar surface area (TPSA) is 93.2 Å². The van der Waals surface area contributed by atoms with Crippen molar-refractivity contribution in [3.05, 3.63) is 41.6 Å². The molecule has 3 N–H and O–H groups in total. The number of aryl methyl sites for hydroxylation is 2. The van der Waals surface area contributed by atoms with E-state index in [0.717, 1.165) is 28.8 Å². The van der Waals surface area contributed by atoms with Gasteiger partial charge in [-0.2, -0.15) is 5.10 Å². The number of benzene rings is 1. The van der Waals surface area contributed by atoms with E-state index in [-0.39, 0.29) is 17.2 Å². The highest BCUT2D eigenvalue weighted by atomic mass is 16.2. The molecule has 7 heteroatoms. The number of carbonyl (C=O) groups excluding carboxylic acids is 2. The average Bonchev–Trinajstić information content (AvgIpc) is 3.39. The minimum Gasteiger partial charge on any atom is -0.350 e. The van der Waals surface area contributed by atoms with Crippen LogP contribution in [0.2, 0.25) is 0 Å². The third-order valence-corrected chi connectivity index (χ3v) is 5.85. The molecule has 32 heavy (non-hydrogen) atoms. The molecule has 3 rings (SSSR count). The Kier molecular flexibility index (Phi) is 8.61. The summed E-state index contributed by atoms with van der Waals surface area (Å²) in [7, 11) is 1.93. The van der Waals surface area contributed by atoms with Crippen LogP contribution in [0.1, 0.15) is 58.6 Å². The van der Waals surface area contributed by atoms with Crippen LogP contribution < -0.4 is 11.1 Å². The number of hydrogen-bond donors (Lipinski definition) is 2. The van der Waals surface area contributed by atoms with E-state index in [1.807, 2.05) is 83.7 Å². The van der Waals surface area contributed by atoms with Gasteiger partial charge in [-0.25, -0.2) is 0 Å². The molecule has 2 aromatic rings. The average molecular weight is 442 g/mol. The molecule has 1 aromatic heterocycles. The number of amides is 2. The summed E-state index contributed by atoms with van der Waals surface area (Å²) in [6.45, 7) is 12.9. The number of nitrogens with zero attached hydrogens (tertiary/aromatic N) is 3. The maximum atomic E-state index is 12.8. The first kappa shape index (κ1) is 25.6. The fourth-order valence-corrected chi connectivity index (χ4v) is 3.90. The van der Waals surface area contributed by atoms with Crippen molar-refractivity contribution in [3.8, 4) is 11.3 Å². The second-order valence-corrected chi connectivity index (χ2v) is 9.25. The molecule has 176 valence electrons. The lowest BCUT2D eigenvalue weighted by atomic mass is 9.86. The Morgan fingerprint density at radius 3 is 2.38 bits per heavy atom. The molecule has 0 bridgehead atoms. The van der Waals surface area contributed by atoms with Crippen LogP contribution in [0.5, 0.6) is 0 Å². The molecule has 2 amide bonds. The Morgan fingerprint density at radius 2 is 1.84 bits per heavy atom. The number of nitrogens with one attached hydrogen (secondary N) is 1. The van der Waals surface area contributed by atoms with Crippen LogP contribution in [-0.4, -0.2) is 45.1 Å². The van der Waals surface area contributed by atoms with Gasteiger partial charge in [0.2, 0.25) is 11.8 Å². The standard InChI is InChI=1S/C23H33N5O2.C2H6/c1-15-13-26-27(5)19(15)17-10-8-16(9-11-17)14-25-21(29)18-7-6-12-28(18)22(30)20(24)23(2,3)4;1-2/h8-11,13,18,20H,6-7,12,14,24H2,1-5H3,(H,25,29);1-2H3. The van der Waals surface area contributed by atoms with Crippen molar-refractivity contribution in [1.29, 1.82) is 0 Å². The molecule has 1 aliphatic rings. The van der Waals surface area contributed by atoms with Gasteiger partial charge in [0.25, 0.3) is 0 Å². The van der Waals surface area contributed by atoms with Gasteiger partial charge >= 0.3 is 0 Å². The van der Waals surface area contributed by atoms with Crippen LogP contribution in [0.4, 0.5) is 0 Å². The number of likely N-dealkylation sites (tertiary alicyclic amines) is 1. The van der Waals surface area contributed by atoms with Gasteiger partial charge in [0, 0.05) is 25.7 Å². The predicted molar refractivity (Wildman–Crippen MR) is 129 cm³/mol. The summed E-state index contributed by atoms with van der Waals surface area (Å²) in [5.74, 6) is -0.260. The van der Waals surface area contributed by atoms with E-state index in [9.17, 15) is 9.59 Å². The fraction of sp³-hybridized carbons (Fsp3) is 0.560. The zero-order chi connectivity index (χ0) is 24.1. The molecule has 2 heterocycles. The van der Waals surface area contributed by atoms with Crippen molar-refractivity contribution < 1.29 is 9.59 Å². The summed E-state index contributed by atoms with van der Waals surface area (Å²) in [6, 6.07) is 7.04. The third-order valence-electron chi connectivity index (χ3n) is 5.85. The molecular formula is C25H39N5O2. The minimum atomic E-state index is -0.617. The quantitative estimate of drug-likeness (QED) is 0.744. The molecule has 0 spiro atoms. The van der Waals surface area contributed by atoms with Gasteiger partial charge in [-0.1, -0.05) is 58.9 Å². The smallest absolute Gasteiger partial charge is 0.243 e. The summed E-state index contributed by atoms with van der Waals surface area (Å²) in [4.78, 5) is 27.2. The molecule has 2 unspecified atom stereocenters. The summed E-state index contributed by atoms with van der Waals surface area (Å²) in [6.07, 6.45) is 3.34. The molecule has 1 fully saturated rings. The van der Waals surface area contributed by atoms with E-state index in [1.54, 1.807) is 4.90 Å². The van der Waals surface area contributed by atoms with Gasteiger partial charge in [0.1, 0.15) is 6.04 Å². The van der Waals surface area contributed by atoms with Crippen LogP contribution >= 0.6 is 0 Å². The lowest BCUT2D eigenvalue weighted by Gasteiger charge is -2.32. The largest absolute Gasteiger partial charge is 0.350 e. The lowest BCUT2D eigenvalue weighted by Crippen LogP contribution is -2.54. The normalized spacial score (nSPS) is 16.9. The molecule has 0 saturated carbocycles.